The second kappa shape index (κ2) is 44.0. The molecule has 2 fully saturated rings. The molecule has 0 N–H and O–H groups in total. The van der Waals surface area contributed by atoms with Gasteiger partial charge in [-0.1, -0.05) is 438 Å². The average molecular weight is 1540 g/mol. The predicted molar refractivity (Wildman–Crippen MR) is 494 cm³/mol. The SMILES string of the molecule is CC(C)(C)Cc1ccccc1C(C)(C)C.CC(C)(C)c1ccccc1C1CCCCC1.CC(C)(C)c1ccccc1CC(C)(C)C(F)(F)F.CC(C)Cc1ccccc1C(C)(C)C.CC(C)c1ccccc1C(C)(C)C.[2H]C(CC)(CC)c1cccc(C([2H])(CC)CC)c1C(C)(C)C.[2H]C1(c2ccccc2C(C)(C)C)CCCCC1. The molecule has 2 aliphatic rings. The van der Waals surface area contributed by atoms with Crippen LogP contribution in [0, 0.1) is 16.7 Å². The smallest absolute Gasteiger partial charge is 0.171 e. The van der Waals surface area contributed by atoms with Crippen molar-refractivity contribution < 1.29 is 17.3 Å². The maximum atomic E-state index is 12.9. The highest BCUT2D eigenvalue weighted by atomic mass is 19.4. The van der Waals surface area contributed by atoms with E-state index in [0.717, 1.165) is 79.0 Å². The Morgan fingerprint density at radius 1 is 0.330 bits per heavy atom. The summed E-state index contributed by atoms with van der Waals surface area (Å²) < 4.78 is 65.5. The summed E-state index contributed by atoms with van der Waals surface area (Å²) >= 11 is 0. The van der Waals surface area contributed by atoms with Crippen LogP contribution in [-0.2, 0) is 57.2 Å². The monoisotopic (exact) mass is 1540 g/mol. The number of rotatable bonds is 14. The van der Waals surface area contributed by atoms with E-state index < -0.39 is 23.4 Å². The van der Waals surface area contributed by atoms with Crippen molar-refractivity contribution in [2.75, 3.05) is 0 Å². The Morgan fingerprint density at radius 3 is 0.973 bits per heavy atom. The minimum absolute atomic E-state index is 0.0178. The molecule has 0 saturated heterocycles. The molecule has 0 amide bonds. The first kappa shape index (κ1) is 95.2. The molecule has 0 bridgehead atoms. The molecule has 626 valence electrons. The molecule has 0 aromatic heterocycles. The fourth-order valence-electron chi connectivity index (χ4n) is 16.4. The second-order valence-corrected chi connectivity index (χ2v) is 42.3. The zero-order chi connectivity index (χ0) is 88.0. The summed E-state index contributed by atoms with van der Waals surface area (Å²) in [5.41, 5.74) is 19.7. The van der Waals surface area contributed by atoms with Gasteiger partial charge < -0.3 is 0 Å². The lowest BCUT2D eigenvalue weighted by atomic mass is 9.73. The molecule has 2 aliphatic carbocycles. The normalized spacial score (nSPS) is 15.3. The molecule has 0 radical (unpaired) electrons. The van der Waals surface area contributed by atoms with Crippen molar-refractivity contribution in [2.45, 2.75) is 418 Å². The van der Waals surface area contributed by atoms with E-state index in [4.69, 9.17) is 4.11 Å². The third-order valence-electron chi connectivity index (χ3n) is 22.3. The molecule has 0 heterocycles. The Kier molecular flexibility index (Phi) is 37.4. The van der Waals surface area contributed by atoms with E-state index in [-0.39, 0.29) is 50.2 Å². The van der Waals surface area contributed by atoms with Gasteiger partial charge >= 0.3 is 6.18 Å². The molecule has 7 aromatic carbocycles. The number of alkyl halides is 3. The van der Waals surface area contributed by atoms with Gasteiger partial charge in [0, 0.05) is 4.11 Å². The summed E-state index contributed by atoms with van der Waals surface area (Å²) in [7, 11) is 0. The average Bonchev–Trinajstić information content (AvgIpc) is 0.749. The maximum Gasteiger partial charge on any atom is 0.394 e. The Morgan fingerprint density at radius 2 is 0.634 bits per heavy atom. The Hall–Kier alpha value is -5.67. The molecule has 2 saturated carbocycles. The van der Waals surface area contributed by atoms with Gasteiger partial charge in [-0.2, -0.15) is 13.2 Å². The van der Waals surface area contributed by atoms with Crippen molar-refractivity contribution in [3.63, 3.8) is 0 Å². The molecule has 9 rings (SSSR count). The van der Waals surface area contributed by atoms with E-state index in [1.807, 2.05) is 32.9 Å². The first-order valence-corrected chi connectivity index (χ1v) is 43.9. The zero-order valence-corrected chi connectivity index (χ0v) is 78.5. The number of hydrogen-bond donors (Lipinski definition) is 0. The van der Waals surface area contributed by atoms with E-state index in [0.29, 0.717) is 11.3 Å². The quantitative estimate of drug-likeness (QED) is 0.102. The van der Waals surface area contributed by atoms with Gasteiger partial charge in [-0.25, -0.2) is 0 Å². The van der Waals surface area contributed by atoms with Crippen LogP contribution in [0.15, 0.2) is 164 Å². The molecule has 7 aromatic rings. The molecular weight excluding hydrogens is 1370 g/mol. The minimum atomic E-state index is -4.18. The highest BCUT2D eigenvalue weighted by Gasteiger charge is 2.47. The second-order valence-electron chi connectivity index (χ2n) is 42.3. The molecule has 0 spiro atoms. The van der Waals surface area contributed by atoms with Gasteiger partial charge in [-0.3, -0.25) is 0 Å². The molecule has 0 nitrogen and oxygen atoms in total. The van der Waals surface area contributed by atoms with Crippen LogP contribution in [0.4, 0.5) is 13.2 Å². The van der Waals surface area contributed by atoms with E-state index >= 15 is 0 Å². The number of halogens is 3. The van der Waals surface area contributed by atoms with Crippen molar-refractivity contribution in [1.29, 1.82) is 0 Å². The lowest BCUT2D eigenvalue weighted by Crippen LogP contribution is -2.34. The lowest BCUT2D eigenvalue weighted by Gasteiger charge is -2.32. The highest BCUT2D eigenvalue weighted by molar-refractivity contribution is 5.45. The van der Waals surface area contributed by atoms with Crippen LogP contribution in [0.5, 0.6) is 0 Å². The van der Waals surface area contributed by atoms with Crippen molar-refractivity contribution >= 4 is 0 Å². The Labute approximate surface area is 695 Å². The van der Waals surface area contributed by atoms with Crippen LogP contribution >= 0.6 is 0 Å². The van der Waals surface area contributed by atoms with E-state index in [9.17, 15) is 13.2 Å². The summed E-state index contributed by atoms with van der Waals surface area (Å²) in [6, 6.07) is 57.8. The highest BCUT2D eigenvalue weighted by Crippen LogP contribution is 2.45. The molecular formula is C109H169F3. The van der Waals surface area contributed by atoms with E-state index in [2.05, 4.69) is 340 Å². The maximum absolute atomic E-state index is 12.9. The van der Waals surface area contributed by atoms with Crippen molar-refractivity contribution in [1.82, 2.24) is 0 Å². The Bertz CT molecular complexity index is 3930. The third kappa shape index (κ3) is 33.1. The third-order valence-corrected chi connectivity index (χ3v) is 22.3. The first-order chi connectivity index (χ1) is 52.6. The number of hydrogen-bond acceptors (Lipinski definition) is 0. The first-order valence-electron chi connectivity index (χ1n) is 45.4. The topological polar surface area (TPSA) is 0 Å². The summed E-state index contributed by atoms with van der Waals surface area (Å²) in [5, 5.41) is 0. The number of benzene rings is 7. The van der Waals surface area contributed by atoms with Gasteiger partial charge in [0.2, 0.25) is 0 Å². The van der Waals surface area contributed by atoms with Gasteiger partial charge in [0.1, 0.15) is 0 Å². The van der Waals surface area contributed by atoms with Crippen LogP contribution in [0.25, 0.3) is 0 Å². The fourth-order valence-corrected chi connectivity index (χ4v) is 16.4. The minimum Gasteiger partial charge on any atom is -0.171 e. The van der Waals surface area contributed by atoms with Gasteiger partial charge in [0.05, 0.1) is 5.41 Å². The van der Waals surface area contributed by atoms with Crippen molar-refractivity contribution in [2.24, 2.45) is 16.7 Å². The fraction of sp³-hybridized carbons (Fsp3) is 0.615. The molecule has 3 heteroatoms. The molecule has 0 unspecified atom stereocenters. The Balaban J connectivity index is 0.000000349. The molecule has 0 atom stereocenters. The summed E-state index contributed by atoms with van der Waals surface area (Å²) in [6.07, 6.45) is 14.2. The van der Waals surface area contributed by atoms with Crippen LogP contribution in [0.2, 0.25) is 0 Å². The summed E-state index contributed by atoms with van der Waals surface area (Å²) in [4.78, 5) is 0. The van der Waals surface area contributed by atoms with Crippen molar-refractivity contribution in [3.05, 3.63) is 247 Å². The van der Waals surface area contributed by atoms with Gasteiger partial charge in [-0.15, -0.1) is 0 Å². The largest absolute Gasteiger partial charge is 0.394 e. The summed E-state index contributed by atoms with van der Waals surface area (Å²) in [6.45, 7) is 73.8. The van der Waals surface area contributed by atoms with Gasteiger partial charge in [0.15, 0.2) is 0 Å². The van der Waals surface area contributed by atoms with Crippen LogP contribution in [-0.4, -0.2) is 6.18 Å². The van der Waals surface area contributed by atoms with Gasteiger partial charge in [-0.05, 0) is 233 Å². The van der Waals surface area contributed by atoms with Crippen molar-refractivity contribution in [3.8, 4) is 0 Å². The van der Waals surface area contributed by atoms with E-state index in [1.54, 1.807) is 23.3 Å². The lowest BCUT2D eigenvalue weighted by molar-refractivity contribution is -0.211. The van der Waals surface area contributed by atoms with Crippen LogP contribution < -0.4 is 0 Å². The van der Waals surface area contributed by atoms with Crippen LogP contribution in [0.3, 0.4) is 0 Å². The van der Waals surface area contributed by atoms with E-state index in [1.165, 1.54) is 122 Å². The van der Waals surface area contributed by atoms with Crippen LogP contribution in [0.1, 0.15) is 442 Å². The predicted octanol–water partition coefficient (Wildman–Crippen LogP) is 34.8. The molecule has 0 aliphatic heterocycles. The zero-order valence-electron chi connectivity index (χ0n) is 81.5. The molecule has 112 heavy (non-hydrogen) atoms. The van der Waals surface area contributed by atoms with Gasteiger partial charge in [0.25, 0.3) is 0 Å². The standard InChI is InChI=1S/C20H34.2C16H24.C15H21F3.C15H24.C14H22.C13H20/c1-8-15(9-2)17-13-12-14-18(16(10-3)11-4)19(17)20(5,6)7;2*1-16(2,3)15-12-8-7-11-14(15)13-9-5-4-6-10-13;1-13(2,3)12-9-7-6-8-11(12)10-14(4,5)15(16,17)18;1-14(2,3)11-12-9-7-8-10-13(12)15(4,5)6;1-11(2)10-12-8-6-7-9-13(12)14(3,4)5;1-10(2)11-8-6-7-9-12(11)13(3,4)5/h12-16H,8-11H2,1-7H3;2*7-8,11-13H,4-6,9-10H2,1-3H3;6-9H,10H2,1-5H3;7-10H,11H2,1-6H3;6-9,11H,10H2,1-5H3;6-10H,1-5H3/i15D,16D;13D;;;;;. The summed E-state index contributed by atoms with van der Waals surface area (Å²) in [5.74, 6) is 0.738.